The first-order valence-corrected chi connectivity index (χ1v) is 5.47. The second-order valence-electron chi connectivity index (χ2n) is 3.43. The van der Waals surface area contributed by atoms with E-state index in [9.17, 15) is 0 Å². The van der Waals surface area contributed by atoms with Crippen LogP contribution in [0.4, 0.5) is 10.8 Å². The van der Waals surface area contributed by atoms with E-state index >= 15 is 0 Å². The van der Waals surface area contributed by atoms with Crippen molar-refractivity contribution in [2.75, 3.05) is 11.1 Å². The molecule has 5 heteroatoms. The zero-order valence-electron chi connectivity index (χ0n) is 8.65. The van der Waals surface area contributed by atoms with E-state index < -0.39 is 0 Å². The number of hydrogen-bond acceptors (Lipinski definition) is 5. The number of anilines is 2. The van der Waals surface area contributed by atoms with Gasteiger partial charge in [-0.1, -0.05) is 0 Å². The highest BCUT2D eigenvalue weighted by Crippen LogP contribution is 2.24. The summed E-state index contributed by atoms with van der Waals surface area (Å²) in [6.07, 6.45) is 0. The van der Waals surface area contributed by atoms with Crippen LogP contribution in [0.1, 0.15) is 24.5 Å². The van der Waals surface area contributed by atoms with E-state index in [1.54, 1.807) is 0 Å². The van der Waals surface area contributed by atoms with Gasteiger partial charge >= 0.3 is 0 Å². The van der Waals surface area contributed by atoms with Crippen molar-refractivity contribution >= 4 is 22.4 Å². The van der Waals surface area contributed by atoms with Crippen LogP contribution in [0.3, 0.4) is 0 Å². The third kappa shape index (κ3) is 2.30. The Balaban J connectivity index is 2.06. The predicted molar refractivity (Wildman–Crippen MR) is 62.0 cm³/mol. The molecule has 3 N–H and O–H groups in total. The van der Waals surface area contributed by atoms with Gasteiger partial charge in [-0.25, -0.2) is 0 Å². The maximum Gasteiger partial charge on any atom is 0.139 e. The molecule has 0 saturated heterocycles. The summed E-state index contributed by atoms with van der Waals surface area (Å²) in [7, 11) is 0. The van der Waals surface area contributed by atoms with Gasteiger partial charge in [-0.3, -0.25) is 0 Å². The Morgan fingerprint density at radius 3 is 2.87 bits per heavy atom. The third-order valence-electron chi connectivity index (χ3n) is 2.08. The number of aromatic nitrogens is 1. The van der Waals surface area contributed by atoms with E-state index in [2.05, 4.69) is 9.69 Å². The first-order valence-electron chi connectivity index (χ1n) is 4.70. The van der Waals surface area contributed by atoms with Crippen molar-refractivity contribution in [3.05, 3.63) is 29.7 Å². The van der Waals surface area contributed by atoms with Gasteiger partial charge in [0.25, 0.3) is 0 Å². The van der Waals surface area contributed by atoms with Crippen molar-refractivity contribution in [3.63, 3.8) is 0 Å². The number of rotatable bonds is 3. The Bertz CT molecular complexity index is 449. The van der Waals surface area contributed by atoms with Gasteiger partial charge in [-0.15, -0.1) is 0 Å². The van der Waals surface area contributed by atoms with Gasteiger partial charge in [0.1, 0.15) is 22.3 Å². The van der Waals surface area contributed by atoms with Crippen LogP contribution in [0.25, 0.3) is 0 Å². The standard InChI is InChI=1S/C10H13N3OS/c1-6-3-4-8(14-6)7(2)12-10-5-9(11)13-15-10/h3-5,7,12H,1-2H3,(H2,11,13). The highest BCUT2D eigenvalue weighted by molar-refractivity contribution is 7.10. The quantitative estimate of drug-likeness (QED) is 0.839. The molecule has 2 rings (SSSR count). The fourth-order valence-corrected chi connectivity index (χ4v) is 1.99. The molecule has 0 spiro atoms. The summed E-state index contributed by atoms with van der Waals surface area (Å²) in [6.45, 7) is 3.97. The predicted octanol–water partition coefficient (Wildman–Crippen LogP) is 2.80. The van der Waals surface area contributed by atoms with E-state index in [4.69, 9.17) is 10.2 Å². The van der Waals surface area contributed by atoms with Crippen LogP contribution in [-0.4, -0.2) is 4.37 Å². The van der Waals surface area contributed by atoms with Crippen LogP contribution in [-0.2, 0) is 0 Å². The van der Waals surface area contributed by atoms with Crippen molar-refractivity contribution in [2.45, 2.75) is 19.9 Å². The number of aryl methyl sites for hydroxylation is 1. The Morgan fingerprint density at radius 1 is 1.53 bits per heavy atom. The van der Waals surface area contributed by atoms with Gasteiger partial charge in [0.15, 0.2) is 0 Å². The summed E-state index contributed by atoms with van der Waals surface area (Å²) in [4.78, 5) is 0. The molecule has 0 aromatic carbocycles. The smallest absolute Gasteiger partial charge is 0.139 e. The molecule has 15 heavy (non-hydrogen) atoms. The molecule has 0 bridgehead atoms. The fourth-order valence-electron chi connectivity index (χ4n) is 1.33. The first kappa shape index (κ1) is 10.0. The van der Waals surface area contributed by atoms with E-state index in [1.165, 1.54) is 11.5 Å². The molecular weight excluding hydrogens is 210 g/mol. The van der Waals surface area contributed by atoms with Gasteiger partial charge in [0.05, 0.1) is 6.04 Å². The van der Waals surface area contributed by atoms with E-state index in [-0.39, 0.29) is 6.04 Å². The van der Waals surface area contributed by atoms with Gasteiger partial charge in [-0.05, 0) is 37.5 Å². The summed E-state index contributed by atoms with van der Waals surface area (Å²) in [5, 5.41) is 4.23. The molecule has 0 radical (unpaired) electrons. The van der Waals surface area contributed by atoms with Crippen LogP contribution in [0.15, 0.2) is 22.6 Å². The summed E-state index contributed by atoms with van der Waals surface area (Å²) >= 11 is 1.35. The molecule has 2 aromatic rings. The van der Waals surface area contributed by atoms with Crippen molar-refractivity contribution in [1.82, 2.24) is 4.37 Å². The minimum atomic E-state index is 0.124. The summed E-state index contributed by atoms with van der Waals surface area (Å²) < 4.78 is 9.51. The second kappa shape index (κ2) is 3.94. The fraction of sp³-hybridized carbons (Fsp3) is 0.300. The lowest BCUT2D eigenvalue weighted by Gasteiger charge is -2.09. The SMILES string of the molecule is Cc1ccc(C(C)Nc2cc(N)ns2)o1. The first-order chi connectivity index (χ1) is 7.15. The largest absolute Gasteiger partial charge is 0.464 e. The second-order valence-corrected chi connectivity index (χ2v) is 4.24. The topological polar surface area (TPSA) is 64.1 Å². The van der Waals surface area contributed by atoms with Gasteiger partial charge in [-0.2, -0.15) is 4.37 Å². The minimum Gasteiger partial charge on any atom is -0.464 e. The molecule has 0 aliphatic heterocycles. The minimum absolute atomic E-state index is 0.124. The summed E-state index contributed by atoms with van der Waals surface area (Å²) in [6, 6.07) is 5.86. The molecule has 0 aliphatic rings. The van der Waals surface area contributed by atoms with Crippen molar-refractivity contribution in [3.8, 4) is 0 Å². The average Bonchev–Trinajstić information content (AvgIpc) is 2.75. The summed E-state index contributed by atoms with van der Waals surface area (Å²) in [5.74, 6) is 2.38. The van der Waals surface area contributed by atoms with Crippen LogP contribution in [0.5, 0.6) is 0 Å². The molecule has 2 aromatic heterocycles. The molecule has 0 saturated carbocycles. The number of nitrogen functional groups attached to an aromatic ring is 1. The number of nitrogens with one attached hydrogen (secondary N) is 1. The Morgan fingerprint density at radius 2 is 2.33 bits per heavy atom. The van der Waals surface area contributed by atoms with E-state index in [1.807, 2.05) is 32.0 Å². The Kier molecular flexibility index (Phi) is 2.64. The lowest BCUT2D eigenvalue weighted by Crippen LogP contribution is -2.03. The van der Waals surface area contributed by atoms with Gasteiger partial charge in [0, 0.05) is 6.07 Å². The van der Waals surface area contributed by atoms with Crippen molar-refractivity contribution in [2.24, 2.45) is 0 Å². The van der Waals surface area contributed by atoms with Crippen LogP contribution >= 0.6 is 11.5 Å². The maximum absolute atomic E-state index is 5.53. The normalized spacial score (nSPS) is 12.7. The van der Waals surface area contributed by atoms with E-state index in [0.717, 1.165) is 16.5 Å². The number of nitrogens with zero attached hydrogens (tertiary/aromatic N) is 1. The molecule has 4 nitrogen and oxygen atoms in total. The molecule has 1 unspecified atom stereocenters. The molecular formula is C10H13N3OS. The molecule has 0 fully saturated rings. The van der Waals surface area contributed by atoms with Gasteiger partial charge < -0.3 is 15.5 Å². The summed E-state index contributed by atoms with van der Waals surface area (Å²) in [5.41, 5.74) is 5.53. The highest BCUT2D eigenvalue weighted by atomic mass is 32.1. The average molecular weight is 223 g/mol. The van der Waals surface area contributed by atoms with Gasteiger partial charge in [0.2, 0.25) is 0 Å². The zero-order chi connectivity index (χ0) is 10.8. The van der Waals surface area contributed by atoms with Crippen LogP contribution in [0.2, 0.25) is 0 Å². The lowest BCUT2D eigenvalue weighted by molar-refractivity contribution is 0.467. The monoisotopic (exact) mass is 223 g/mol. The Labute approximate surface area is 92.3 Å². The third-order valence-corrected chi connectivity index (χ3v) is 2.81. The lowest BCUT2D eigenvalue weighted by atomic mass is 10.2. The molecule has 2 heterocycles. The molecule has 0 aliphatic carbocycles. The van der Waals surface area contributed by atoms with Crippen LogP contribution < -0.4 is 11.1 Å². The Hall–Kier alpha value is -1.49. The van der Waals surface area contributed by atoms with Crippen molar-refractivity contribution in [1.29, 1.82) is 0 Å². The number of furan rings is 1. The zero-order valence-corrected chi connectivity index (χ0v) is 9.47. The number of hydrogen-bond donors (Lipinski definition) is 2. The molecule has 0 amide bonds. The van der Waals surface area contributed by atoms with E-state index in [0.29, 0.717) is 5.82 Å². The van der Waals surface area contributed by atoms with Crippen molar-refractivity contribution < 1.29 is 4.42 Å². The van der Waals surface area contributed by atoms with Crippen LogP contribution in [0, 0.1) is 6.92 Å². The maximum atomic E-state index is 5.53. The number of nitrogens with two attached hydrogens (primary N) is 1. The highest BCUT2D eigenvalue weighted by Gasteiger charge is 2.10. The molecule has 80 valence electrons. The molecule has 1 atom stereocenters.